The predicted octanol–water partition coefficient (Wildman–Crippen LogP) is 1.46. The van der Waals surface area contributed by atoms with Crippen molar-refractivity contribution in [3.8, 4) is 0 Å². The number of carboxylic acids is 1. The molecule has 13 heavy (non-hydrogen) atoms. The second-order valence-electron chi connectivity index (χ2n) is 3.58. The van der Waals surface area contributed by atoms with Gasteiger partial charge in [0.15, 0.2) is 0 Å². The van der Waals surface area contributed by atoms with Gasteiger partial charge < -0.3 is 9.84 Å². The molecule has 80 valence electrons. The van der Waals surface area contributed by atoms with Crippen molar-refractivity contribution < 1.29 is 14.6 Å². The minimum atomic E-state index is -0.833. The molecule has 4 heteroatoms. The molecule has 0 saturated carbocycles. The van der Waals surface area contributed by atoms with Crippen LogP contribution in [0.4, 0.5) is 0 Å². The van der Waals surface area contributed by atoms with Gasteiger partial charge in [-0.05, 0) is 27.7 Å². The molecule has 2 N–H and O–H groups in total. The van der Waals surface area contributed by atoms with Crippen molar-refractivity contribution in [3.63, 3.8) is 0 Å². The molecule has 0 aromatic heterocycles. The lowest BCUT2D eigenvalue weighted by Crippen LogP contribution is -2.37. The molecular formula is C9H21NO3. The van der Waals surface area contributed by atoms with E-state index in [1.807, 2.05) is 6.92 Å². The standard InChI is InChI=1S/C7H17NO.C2H4O2/c1-5-9-6-8-7(2,3)4;1-2(3)4/h8H,5-6H2,1-4H3;1H3,(H,3,4). The van der Waals surface area contributed by atoms with Gasteiger partial charge in [0.1, 0.15) is 0 Å². The monoisotopic (exact) mass is 191 g/mol. The number of ether oxygens (including phenoxy) is 1. The molecule has 0 amide bonds. The van der Waals surface area contributed by atoms with Crippen LogP contribution in [0, 0.1) is 0 Å². The Hall–Kier alpha value is -0.610. The SMILES string of the molecule is CC(=O)O.CCOCNC(C)(C)C. The Kier molecular flexibility index (Phi) is 9.17. The van der Waals surface area contributed by atoms with Gasteiger partial charge >= 0.3 is 0 Å². The zero-order chi connectivity index (χ0) is 10.9. The Labute approximate surface area is 80.3 Å². The summed E-state index contributed by atoms with van der Waals surface area (Å²) in [4.78, 5) is 9.00. The zero-order valence-corrected chi connectivity index (χ0v) is 9.18. The van der Waals surface area contributed by atoms with Gasteiger partial charge in [-0.25, -0.2) is 0 Å². The smallest absolute Gasteiger partial charge is 0.300 e. The van der Waals surface area contributed by atoms with Gasteiger partial charge in [-0.15, -0.1) is 0 Å². The molecule has 0 spiro atoms. The van der Waals surface area contributed by atoms with Crippen molar-refractivity contribution in [2.45, 2.75) is 40.2 Å². The minimum absolute atomic E-state index is 0.176. The highest BCUT2D eigenvalue weighted by molar-refractivity contribution is 5.62. The van der Waals surface area contributed by atoms with E-state index in [1.54, 1.807) is 0 Å². The van der Waals surface area contributed by atoms with Crippen LogP contribution in [0.3, 0.4) is 0 Å². The molecule has 0 radical (unpaired) electrons. The van der Waals surface area contributed by atoms with E-state index < -0.39 is 5.97 Å². The lowest BCUT2D eigenvalue weighted by molar-refractivity contribution is -0.134. The van der Waals surface area contributed by atoms with Crippen LogP contribution in [0.5, 0.6) is 0 Å². The summed E-state index contributed by atoms with van der Waals surface area (Å²) in [6.45, 7) is 10.9. The minimum Gasteiger partial charge on any atom is -0.481 e. The van der Waals surface area contributed by atoms with E-state index in [-0.39, 0.29) is 5.54 Å². The molecule has 0 rings (SSSR count). The largest absolute Gasteiger partial charge is 0.481 e. The highest BCUT2D eigenvalue weighted by atomic mass is 16.5. The lowest BCUT2D eigenvalue weighted by atomic mass is 10.1. The summed E-state index contributed by atoms with van der Waals surface area (Å²) in [7, 11) is 0. The number of aliphatic carboxylic acids is 1. The summed E-state index contributed by atoms with van der Waals surface area (Å²) in [6.07, 6.45) is 0. The predicted molar refractivity (Wildman–Crippen MR) is 52.7 cm³/mol. The number of carbonyl (C=O) groups is 1. The summed E-state index contributed by atoms with van der Waals surface area (Å²) >= 11 is 0. The molecule has 0 atom stereocenters. The topological polar surface area (TPSA) is 58.6 Å². The molecule has 0 aliphatic heterocycles. The Morgan fingerprint density at radius 2 is 1.85 bits per heavy atom. The molecule has 0 fully saturated rings. The maximum atomic E-state index is 9.00. The second-order valence-corrected chi connectivity index (χ2v) is 3.58. The molecule has 0 unspecified atom stereocenters. The first-order chi connectivity index (χ1) is 5.79. The van der Waals surface area contributed by atoms with Crippen LogP contribution < -0.4 is 5.32 Å². The Bertz CT molecular complexity index is 125. The zero-order valence-electron chi connectivity index (χ0n) is 9.18. The van der Waals surface area contributed by atoms with Crippen LogP contribution in [0.25, 0.3) is 0 Å². The fourth-order valence-electron chi connectivity index (χ4n) is 0.370. The lowest BCUT2D eigenvalue weighted by Gasteiger charge is -2.19. The third kappa shape index (κ3) is 34.6. The first-order valence-corrected chi connectivity index (χ1v) is 4.32. The summed E-state index contributed by atoms with van der Waals surface area (Å²) < 4.78 is 5.10. The van der Waals surface area contributed by atoms with Gasteiger partial charge in [0, 0.05) is 19.1 Å². The van der Waals surface area contributed by atoms with E-state index in [4.69, 9.17) is 14.6 Å². The summed E-state index contributed by atoms with van der Waals surface area (Å²) in [5, 5.41) is 10.6. The van der Waals surface area contributed by atoms with Gasteiger partial charge in [0.2, 0.25) is 0 Å². The van der Waals surface area contributed by atoms with Crippen LogP contribution in [0.1, 0.15) is 34.6 Å². The number of nitrogens with one attached hydrogen (secondary N) is 1. The summed E-state index contributed by atoms with van der Waals surface area (Å²) in [5.41, 5.74) is 0.176. The second kappa shape index (κ2) is 8.01. The van der Waals surface area contributed by atoms with Gasteiger partial charge in [-0.3, -0.25) is 10.1 Å². The normalized spacial score (nSPS) is 10.2. The first-order valence-electron chi connectivity index (χ1n) is 4.32. The van der Waals surface area contributed by atoms with E-state index in [0.29, 0.717) is 6.73 Å². The fourth-order valence-corrected chi connectivity index (χ4v) is 0.370. The summed E-state index contributed by atoms with van der Waals surface area (Å²) in [6, 6.07) is 0. The summed E-state index contributed by atoms with van der Waals surface area (Å²) in [5.74, 6) is -0.833. The molecule has 0 bridgehead atoms. The fraction of sp³-hybridized carbons (Fsp3) is 0.889. The number of rotatable bonds is 3. The van der Waals surface area contributed by atoms with E-state index in [9.17, 15) is 0 Å². The Balaban J connectivity index is 0. The molecule has 0 saturated heterocycles. The average molecular weight is 191 g/mol. The molecular weight excluding hydrogens is 170 g/mol. The molecule has 0 aliphatic rings. The average Bonchev–Trinajstić information content (AvgIpc) is 1.83. The maximum Gasteiger partial charge on any atom is 0.300 e. The molecule has 0 aromatic rings. The third-order valence-electron chi connectivity index (χ3n) is 0.909. The van der Waals surface area contributed by atoms with Crippen molar-refractivity contribution in [2.24, 2.45) is 0 Å². The van der Waals surface area contributed by atoms with E-state index in [2.05, 4.69) is 26.1 Å². The number of hydrogen-bond acceptors (Lipinski definition) is 3. The molecule has 0 heterocycles. The Morgan fingerprint density at radius 1 is 1.46 bits per heavy atom. The van der Waals surface area contributed by atoms with Crippen molar-refractivity contribution in [2.75, 3.05) is 13.3 Å². The molecule has 0 aliphatic carbocycles. The van der Waals surface area contributed by atoms with Gasteiger partial charge in [0.25, 0.3) is 5.97 Å². The van der Waals surface area contributed by atoms with Gasteiger partial charge in [0.05, 0.1) is 6.73 Å². The van der Waals surface area contributed by atoms with Gasteiger partial charge in [-0.2, -0.15) is 0 Å². The van der Waals surface area contributed by atoms with Crippen LogP contribution in [0.2, 0.25) is 0 Å². The van der Waals surface area contributed by atoms with E-state index in [1.165, 1.54) is 0 Å². The van der Waals surface area contributed by atoms with E-state index >= 15 is 0 Å². The molecule has 0 aromatic carbocycles. The highest BCUT2D eigenvalue weighted by Crippen LogP contribution is 1.96. The molecule has 4 nitrogen and oxygen atoms in total. The van der Waals surface area contributed by atoms with E-state index in [0.717, 1.165) is 13.5 Å². The van der Waals surface area contributed by atoms with Crippen molar-refractivity contribution in [1.82, 2.24) is 5.32 Å². The number of carboxylic acid groups (broad SMARTS) is 1. The maximum absolute atomic E-state index is 9.00. The third-order valence-corrected chi connectivity index (χ3v) is 0.909. The van der Waals surface area contributed by atoms with Crippen molar-refractivity contribution in [3.05, 3.63) is 0 Å². The van der Waals surface area contributed by atoms with Crippen LogP contribution in [-0.2, 0) is 9.53 Å². The Morgan fingerprint density at radius 3 is 2.08 bits per heavy atom. The van der Waals surface area contributed by atoms with Crippen LogP contribution >= 0.6 is 0 Å². The number of hydrogen-bond donors (Lipinski definition) is 2. The van der Waals surface area contributed by atoms with Crippen molar-refractivity contribution >= 4 is 5.97 Å². The van der Waals surface area contributed by atoms with Crippen LogP contribution in [-0.4, -0.2) is 30.0 Å². The quantitative estimate of drug-likeness (QED) is 0.524. The highest BCUT2D eigenvalue weighted by Gasteiger charge is 2.06. The van der Waals surface area contributed by atoms with Crippen molar-refractivity contribution in [1.29, 1.82) is 0 Å². The van der Waals surface area contributed by atoms with Crippen LogP contribution in [0.15, 0.2) is 0 Å². The van der Waals surface area contributed by atoms with Gasteiger partial charge in [-0.1, -0.05) is 0 Å². The first kappa shape index (κ1) is 14.9.